The first-order valence-corrected chi connectivity index (χ1v) is 7.21. The van der Waals surface area contributed by atoms with Crippen molar-refractivity contribution < 1.29 is 0 Å². The molecule has 1 fully saturated rings. The van der Waals surface area contributed by atoms with Gasteiger partial charge in [0.05, 0.1) is 5.52 Å². The first-order chi connectivity index (χ1) is 9.81. The maximum absolute atomic E-state index is 6.20. The van der Waals surface area contributed by atoms with Crippen LogP contribution in [0.5, 0.6) is 0 Å². The Morgan fingerprint density at radius 3 is 2.95 bits per heavy atom. The zero-order chi connectivity index (χ0) is 13.5. The maximum atomic E-state index is 6.20. The van der Waals surface area contributed by atoms with Crippen LogP contribution in [0.2, 0.25) is 5.02 Å². The predicted octanol–water partition coefficient (Wildman–Crippen LogP) is 3.27. The number of halogens is 1. The smallest absolute Gasteiger partial charge is 0.206 e. The number of tetrazole rings is 1. The molecule has 0 amide bonds. The van der Waals surface area contributed by atoms with Crippen molar-refractivity contribution in [3.05, 3.63) is 29.4 Å². The Hall–Kier alpha value is -1.88. The van der Waals surface area contributed by atoms with E-state index in [0.29, 0.717) is 10.8 Å². The molecule has 6 heteroatoms. The lowest BCUT2D eigenvalue weighted by Gasteiger charge is -2.26. The van der Waals surface area contributed by atoms with E-state index in [1.807, 2.05) is 12.1 Å². The zero-order valence-electron chi connectivity index (χ0n) is 10.9. The molecule has 5 nitrogen and oxygen atoms in total. The van der Waals surface area contributed by atoms with Gasteiger partial charge in [-0.3, -0.25) is 0 Å². The number of hydrogen-bond acceptors (Lipinski definition) is 3. The zero-order valence-corrected chi connectivity index (χ0v) is 11.6. The van der Waals surface area contributed by atoms with Crippen LogP contribution in [0.1, 0.15) is 19.3 Å². The fraction of sp³-hybridized carbons (Fsp3) is 0.357. The summed E-state index contributed by atoms with van der Waals surface area (Å²) >= 11 is 6.20. The standard InChI is InChI=1S/C14H14ClN5/c15-11-6-10-4-5-20(8-9-2-1-3-9)13(10)12(7-11)14-16-18-19-17-14/h4-7,9H,1-3,8H2,(H,16,17,18,19). The van der Waals surface area contributed by atoms with Gasteiger partial charge in [0.2, 0.25) is 5.82 Å². The van der Waals surface area contributed by atoms with Gasteiger partial charge in [0.25, 0.3) is 0 Å². The SMILES string of the molecule is Clc1cc(-c2nn[nH]n2)c2c(ccn2CC2CCC2)c1. The molecular formula is C14H14ClN5. The number of nitrogens with zero attached hydrogens (tertiary/aromatic N) is 4. The third-order valence-corrected chi connectivity index (χ3v) is 4.31. The average molecular weight is 288 g/mol. The summed E-state index contributed by atoms with van der Waals surface area (Å²) in [6.07, 6.45) is 6.13. The van der Waals surface area contributed by atoms with E-state index in [2.05, 4.69) is 37.5 Å². The van der Waals surface area contributed by atoms with Crippen LogP contribution < -0.4 is 0 Å². The molecule has 1 saturated carbocycles. The summed E-state index contributed by atoms with van der Waals surface area (Å²) in [5, 5.41) is 16.2. The highest BCUT2D eigenvalue weighted by atomic mass is 35.5. The first-order valence-electron chi connectivity index (χ1n) is 6.83. The van der Waals surface area contributed by atoms with Crippen molar-refractivity contribution in [1.29, 1.82) is 0 Å². The second kappa shape index (κ2) is 4.59. The summed E-state index contributed by atoms with van der Waals surface area (Å²) < 4.78 is 2.29. The molecule has 0 saturated heterocycles. The fourth-order valence-corrected chi connectivity index (χ4v) is 3.09. The largest absolute Gasteiger partial charge is 0.347 e. The fourth-order valence-electron chi connectivity index (χ4n) is 2.86. The number of aromatic nitrogens is 5. The lowest BCUT2D eigenvalue weighted by Crippen LogP contribution is -2.17. The lowest BCUT2D eigenvalue weighted by molar-refractivity contribution is 0.280. The lowest BCUT2D eigenvalue weighted by atomic mass is 9.85. The highest BCUT2D eigenvalue weighted by Gasteiger charge is 2.20. The molecule has 0 atom stereocenters. The summed E-state index contributed by atoms with van der Waals surface area (Å²) in [6.45, 7) is 1.05. The highest BCUT2D eigenvalue weighted by Crippen LogP contribution is 2.34. The molecular weight excluding hydrogens is 274 g/mol. The van der Waals surface area contributed by atoms with Crippen LogP contribution in [0.3, 0.4) is 0 Å². The van der Waals surface area contributed by atoms with E-state index >= 15 is 0 Å². The van der Waals surface area contributed by atoms with Crippen molar-refractivity contribution in [2.75, 3.05) is 0 Å². The second-order valence-corrected chi connectivity index (χ2v) is 5.83. The summed E-state index contributed by atoms with van der Waals surface area (Å²) in [5.74, 6) is 1.38. The van der Waals surface area contributed by atoms with E-state index < -0.39 is 0 Å². The quantitative estimate of drug-likeness (QED) is 0.804. The summed E-state index contributed by atoms with van der Waals surface area (Å²) in [5.41, 5.74) is 2.08. The number of nitrogens with one attached hydrogen (secondary N) is 1. The van der Waals surface area contributed by atoms with E-state index in [1.54, 1.807) is 0 Å². The normalized spacial score (nSPS) is 15.7. The first kappa shape index (κ1) is 11.9. The van der Waals surface area contributed by atoms with Crippen LogP contribution in [0.15, 0.2) is 24.4 Å². The van der Waals surface area contributed by atoms with Gasteiger partial charge in [0.1, 0.15) is 0 Å². The number of H-pyrrole nitrogens is 1. The van der Waals surface area contributed by atoms with Gasteiger partial charge in [0.15, 0.2) is 0 Å². The Labute approximate surface area is 120 Å². The molecule has 20 heavy (non-hydrogen) atoms. The Morgan fingerprint density at radius 2 is 2.25 bits per heavy atom. The molecule has 2 aromatic heterocycles. The van der Waals surface area contributed by atoms with Crippen molar-refractivity contribution in [2.24, 2.45) is 5.92 Å². The van der Waals surface area contributed by atoms with Crippen LogP contribution in [-0.2, 0) is 6.54 Å². The summed E-state index contributed by atoms with van der Waals surface area (Å²) in [4.78, 5) is 0. The monoisotopic (exact) mass is 287 g/mol. The molecule has 0 bridgehead atoms. The number of benzene rings is 1. The molecule has 1 aromatic carbocycles. The minimum absolute atomic E-state index is 0.589. The Morgan fingerprint density at radius 1 is 1.35 bits per heavy atom. The maximum Gasteiger partial charge on any atom is 0.206 e. The van der Waals surface area contributed by atoms with Crippen molar-refractivity contribution in [3.63, 3.8) is 0 Å². The minimum Gasteiger partial charge on any atom is -0.347 e. The Balaban J connectivity index is 1.88. The van der Waals surface area contributed by atoms with Gasteiger partial charge >= 0.3 is 0 Å². The van der Waals surface area contributed by atoms with Gasteiger partial charge in [-0.25, -0.2) is 0 Å². The molecule has 1 aliphatic carbocycles. The molecule has 0 radical (unpaired) electrons. The molecule has 4 rings (SSSR count). The van der Waals surface area contributed by atoms with Crippen LogP contribution >= 0.6 is 11.6 Å². The van der Waals surface area contributed by atoms with Crippen LogP contribution in [0.25, 0.3) is 22.3 Å². The summed E-state index contributed by atoms with van der Waals surface area (Å²) in [7, 11) is 0. The van der Waals surface area contributed by atoms with Crippen molar-refractivity contribution in [2.45, 2.75) is 25.8 Å². The van der Waals surface area contributed by atoms with E-state index in [-0.39, 0.29) is 0 Å². The predicted molar refractivity (Wildman–Crippen MR) is 77.5 cm³/mol. The van der Waals surface area contributed by atoms with Crippen molar-refractivity contribution in [1.82, 2.24) is 25.2 Å². The third-order valence-electron chi connectivity index (χ3n) is 4.09. The van der Waals surface area contributed by atoms with Crippen LogP contribution in [-0.4, -0.2) is 25.2 Å². The van der Waals surface area contributed by atoms with Crippen LogP contribution in [0.4, 0.5) is 0 Å². The molecule has 2 heterocycles. The molecule has 0 unspecified atom stereocenters. The number of rotatable bonds is 3. The van der Waals surface area contributed by atoms with Gasteiger partial charge < -0.3 is 4.57 Å². The highest BCUT2D eigenvalue weighted by molar-refractivity contribution is 6.31. The second-order valence-electron chi connectivity index (χ2n) is 5.39. The van der Waals surface area contributed by atoms with E-state index in [9.17, 15) is 0 Å². The molecule has 102 valence electrons. The van der Waals surface area contributed by atoms with Gasteiger partial charge in [-0.05, 0) is 42.2 Å². The topological polar surface area (TPSA) is 59.4 Å². The van der Waals surface area contributed by atoms with E-state index in [0.717, 1.165) is 28.9 Å². The number of hydrogen-bond donors (Lipinski definition) is 1. The van der Waals surface area contributed by atoms with Gasteiger partial charge in [-0.2, -0.15) is 5.21 Å². The van der Waals surface area contributed by atoms with Crippen molar-refractivity contribution in [3.8, 4) is 11.4 Å². The van der Waals surface area contributed by atoms with Gasteiger partial charge in [-0.1, -0.05) is 18.0 Å². The number of aromatic amines is 1. The minimum atomic E-state index is 0.589. The van der Waals surface area contributed by atoms with Gasteiger partial charge in [0, 0.05) is 28.7 Å². The third kappa shape index (κ3) is 1.89. The van der Waals surface area contributed by atoms with E-state index in [4.69, 9.17) is 11.6 Å². The van der Waals surface area contributed by atoms with Crippen LogP contribution in [0, 0.1) is 5.92 Å². The Bertz CT molecular complexity index is 742. The number of fused-ring (bicyclic) bond motifs is 1. The van der Waals surface area contributed by atoms with E-state index in [1.165, 1.54) is 19.3 Å². The molecule has 1 N–H and O–H groups in total. The average Bonchev–Trinajstić information content (AvgIpc) is 3.02. The summed E-state index contributed by atoms with van der Waals surface area (Å²) in [6, 6.07) is 5.99. The van der Waals surface area contributed by atoms with Crippen molar-refractivity contribution >= 4 is 22.5 Å². The molecule has 3 aromatic rings. The van der Waals surface area contributed by atoms with Gasteiger partial charge in [-0.15, -0.1) is 10.2 Å². The molecule has 0 aliphatic heterocycles. The molecule has 1 aliphatic rings. The molecule has 0 spiro atoms. The Kier molecular flexibility index (Phi) is 2.73.